The zero-order valence-electron chi connectivity index (χ0n) is 9.73. The van der Waals surface area contributed by atoms with Crippen molar-refractivity contribution in [1.82, 2.24) is 10.2 Å². The lowest BCUT2D eigenvalue weighted by Crippen LogP contribution is -2.61. The van der Waals surface area contributed by atoms with Crippen LogP contribution in [0.5, 0.6) is 0 Å². The monoisotopic (exact) mass is 242 g/mol. The Bertz CT molecular complexity index is 304. The van der Waals surface area contributed by atoms with E-state index in [1.54, 1.807) is 16.7 Å². The molecule has 0 aromatic carbocycles. The molecule has 2 amide bonds. The molecule has 16 heavy (non-hydrogen) atoms. The molecule has 2 fully saturated rings. The number of rotatable bonds is 4. The predicted molar refractivity (Wildman–Crippen MR) is 64.2 cm³/mol. The molecule has 0 bridgehead atoms. The molecule has 0 aromatic heterocycles. The lowest BCUT2D eigenvalue weighted by Gasteiger charge is -2.36. The number of hydrogen-bond acceptors (Lipinski definition) is 3. The number of thioether (sulfide) groups is 1. The van der Waals surface area contributed by atoms with Gasteiger partial charge in [0.05, 0.1) is 6.54 Å². The quantitative estimate of drug-likeness (QED) is 0.780. The summed E-state index contributed by atoms with van der Waals surface area (Å²) >= 11 is 1.71. The highest BCUT2D eigenvalue weighted by atomic mass is 32.2. The van der Waals surface area contributed by atoms with Crippen molar-refractivity contribution in [2.75, 3.05) is 18.6 Å². The van der Waals surface area contributed by atoms with Crippen molar-refractivity contribution in [1.29, 1.82) is 0 Å². The van der Waals surface area contributed by atoms with Crippen LogP contribution in [0.3, 0.4) is 0 Å². The van der Waals surface area contributed by atoms with E-state index in [1.165, 1.54) is 0 Å². The standard InChI is InChI=1S/C11H18N2O2S/c1-7(6-16-2)13-5-9(14)12-10(11(13)15)8-3-4-8/h7-8,10H,3-6H2,1-2H3,(H,12,14). The Labute approximate surface area is 100 Å². The molecular formula is C11H18N2O2S. The van der Waals surface area contributed by atoms with Gasteiger partial charge in [0.15, 0.2) is 0 Å². The summed E-state index contributed by atoms with van der Waals surface area (Å²) in [5.41, 5.74) is 0. The van der Waals surface area contributed by atoms with Crippen molar-refractivity contribution in [2.45, 2.75) is 31.8 Å². The smallest absolute Gasteiger partial charge is 0.246 e. The van der Waals surface area contributed by atoms with E-state index in [9.17, 15) is 9.59 Å². The molecule has 1 aliphatic heterocycles. The Balaban J connectivity index is 2.05. The number of carbonyl (C=O) groups is 2. The lowest BCUT2D eigenvalue weighted by molar-refractivity contribution is -0.146. The van der Waals surface area contributed by atoms with Crippen LogP contribution in [-0.4, -0.2) is 47.4 Å². The van der Waals surface area contributed by atoms with E-state index < -0.39 is 0 Å². The first-order chi connectivity index (χ1) is 7.63. The van der Waals surface area contributed by atoms with Gasteiger partial charge in [-0.25, -0.2) is 0 Å². The van der Waals surface area contributed by atoms with Gasteiger partial charge in [-0.05, 0) is 31.9 Å². The van der Waals surface area contributed by atoms with Crippen LogP contribution in [0.15, 0.2) is 0 Å². The summed E-state index contributed by atoms with van der Waals surface area (Å²) in [6.45, 7) is 2.24. The molecule has 1 saturated heterocycles. The second kappa shape index (κ2) is 4.65. The highest BCUT2D eigenvalue weighted by Crippen LogP contribution is 2.34. The largest absolute Gasteiger partial charge is 0.342 e. The second-order valence-corrected chi connectivity index (χ2v) is 5.56. The van der Waals surface area contributed by atoms with E-state index in [0.29, 0.717) is 5.92 Å². The van der Waals surface area contributed by atoms with Crippen LogP contribution >= 0.6 is 11.8 Å². The number of piperazine rings is 1. The van der Waals surface area contributed by atoms with E-state index in [2.05, 4.69) is 5.32 Å². The molecule has 1 heterocycles. The van der Waals surface area contributed by atoms with Gasteiger partial charge in [0, 0.05) is 11.8 Å². The maximum Gasteiger partial charge on any atom is 0.246 e. The fourth-order valence-corrected chi connectivity index (χ4v) is 2.81. The molecular weight excluding hydrogens is 224 g/mol. The van der Waals surface area contributed by atoms with Crippen LogP contribution < -0.4 is 5.32 Å². The average molecular weight is 242 g/mol. The first kappa shape index (κ1) is 11.8. The molecule has 2 atom stereocenters. The van der Waals surface area contributed by atoms with Gasteiger partial charge in [0.2, 0.25) is 11.8 Å². The number of carbonyl (C=O) groups excluding carboxylic acids is 2. The number of hydrogen-bond donors (Lipinski definition) is 1. The van der Waals surface area contributed by atoms with E-state index >= 15 is 0 Å². The zero-order chi connectivity index (χ0) is 11.7. The third-order valence-corrected chi connectivity index (χ3v) is 4.03. The van der Waals surface area contributed by atoms with Crippen LogP contribution in [0.1, 0.15) is 19.8 Å². The van der Waals surface area contributed by atoms with Crippen molar-refractivity contribution < 1.29 is 9.59 Å². The average Bonchev–Trinajstić information content (AvgIpc) is 3.05. The second-order valence-electron chi connectivity index (χ2n) is 4.65. The first-order valence-electron chi connectivity index (χ1n) is 5.72. The van der Waals surface area contributed by atoms with Crippen molar-refractivity contribution in [3.63, 3.8) is 0 Å². The molecule has 2 unspecified atom stereocenters. The highest BCUT2D eigenvalue weighted by molar-refractivity contribution is 7.98. The normalized spacial score (nSPS) is 27.9. The molecule has 0 spiro atoms. The summed E-state index contributed by atoms with van der Waals surface area (Å²) in [5.74, 6) is 1.38. The minimum Gasteiger partial charge on any atom is -0.342 e. The summed E-state index contributed by atoms with van der Waals surface area (Å²) in [7, 11) is 0. The zero-order valence-corrected chi connectivity index (χ0v) is 10.5. The van der Waals surface area contributed by atoms with E-state index in [0.717, 1.165) is 18.6 Å². The molecule has 2 aliphatic rings. The highest BCUT2D eigenvalue weighted by Gasteiger charge is 2.43. The first-order valence-corrected chi connectivity index (χ1v) is 7.11. The minimum atomic E-state index is -0.245. The van der Waals surface area contributed by atoms with Gasteiger partial charge in [0.25, 0.3) is 0 Å². The number of nitrogens with zero attached hydrogens (tertiary/aromatic N) is 1. The Morgan fingerprint density at radius 3 is 2.75 bits per heavy atom. The molecule has 5 heteroatoms. The Morgan fingerprint density at radius 2 is 2.19 bits per heavy atom. The van der Waals surface area contributed by atoms with E-state index in [-0.39, 0.29) is 30.4 Å². The molecule has 1 aliphatic carbocycles. The fourth-order valence-electron chi connectivity index (χ4n) is 2.15. The summed E-state index contributed by atoms with van der Waals surface area (Å²) in [5, 5.41) is 2.82. The van der Waals surface area contributed by atoms with Crippen LogP contribution in [-0.2, 0) is 9.59 Å². The van der Waals surface area contributed by atoms with E-state index in [4.69, 9.17) is 0 Å². The molecule has 0 radical (unpaired) electrons. The van der Waals surface area contributed by atoms with Crippen molar-refractivity contribution in [2.24, 2.45) is 5.92 Å². The van der Waals surface area contributed by atoms with Gasteiger partial charge in [-0.1, -0.05) is 0 Å². The summed E-state index contributed by atoms with van der Waals surface area (Å²) < 4.78 is 0. The minimum absolute atomic E-state index is 0.00977. The summed E-state index contributed by atoms with van der Waals surface area (Å²) in [6.07, 6.45) is 4.16. The molecule has 2 rings (SSSR count). The van der Waals surface area contributed by atoms with Gasteiger partial charge in [-0.15, -0.1) is 0 Å². The maximum atomic E-state index is 12.2. The lowest BCUT2D eigenvalue weighted by atomic mass is 10.1. The Morgan fingerprint density at radius 1 is 1.50 bits per heavy atom. The van der Waals surface area contributed by atoms with Crippen LogP contribution in [0.25, 0.3) is 0 Å². The van der Waals surface area contributed by atoms with Gasteiger partial charge in [0.1, 0.15) is 6.04 Å². The van der Waals surface area contributed by atoms with E-state index in [1.807, 2.05) is 13.2 Å². The van der Waals surface area contributed by atoms with Crippen molar-refractivity contribution >= 4 is 23.6 Å². The molecule has 4 nitrogen and oxygen atoms in total. The third kappa shape index (κ3) is 2.34. The third-order valence-electron chi connectivity index (χ3n) is 3.21. The van der Waals surface area contributed by atoms with Gasteiger partial charge in [-0.2, -0.15) is 11.8 Å². The molecule has 1 N–H and O–H groups in total. The van der Waals surface area contributed by atoms with Crippen molar-refractivity contribution in [3.05, 3.63) is 0 Å². The summed E-state index contributed by atoms with van der Waals surface area (Å²) in [6, 6.07) is -0.0969. The van der Waals surface area contributed by atoms with Gasteiger partial charge < -0.3 is 10.2 Å². The Kier molecular flexibility index (Phi) is 3.42. The Hall–Kier alpha value is -0.710. The molecule has 90 valence electrons. The number of amides is 2. The van der Waals surface area contributed by atoms with Crippen LogP contribution in [0.2, 0.25) is 0 Å². The SMILES string of the molecule is CSCC(C)N1CC(=O)NC(C2CC2)C1=O. The van der Waals surface area contributed by atoms with Crippen LogP contribution in [0, 0.1) is 5.92 Å². The molecule has 1 saturated carbocycles. The van der Waals surface area contributed by atoms with Gasteiger partial charge >= 0.3 is 0 Å². The fraction of sp³-hybridized carbons (Fsp3) is 0.818. The maximum absolute atomic E-state index is 12.2. The van der Waals surface area contributed by atoms with Gasteiger partial charge in [-0.3, -0.25) is 9.59 Å². The number of nitrogens with one attached hydrogen (secondary N) is 1. The summed E-state index contributed by atoms with van der Waals surface area (Å²) in [4.78, 5) is 25.5. The molecule has 0 aromatic rings. The van der Waals surface area contributed by atoms with Crippen molar-refractivity contribution in [3.8, 4) is 0 Å². The van der Waals surface area contributed by atoms with Crippen LogP contribution in [0.4, 0.5) is 0 Å². The predicted octanol–water partition coefficient (Wildman–Crippen LogP) is 0.475. The topological polar surface area (TPSA) is 49.4 Å².